The van der Waals surface area contributed by atoms with Gasteiger partial charge in [-0.05, 0) is 50.2 Å². The highest BCUT2D eigenvalue weighted by atomic mass is 32.2. The van der Waals surface area contributed by atoms with Gasteiger partial charge in [0.05, 0.1) is 6.07 Å². The molecule has 2 heteroatoms. The van der Waals surface area contributed by atoms with Crippen LogP contribution in [0, 0.1) is 23.7 Å². The maximum atomic E-state index is 9.68. The number of nitrogens with zero attached hydrogens (tertiary/aromatic N) is 1. The summed E-state index contributed by atoms with van der Waals surface area (Å²) >= 11 is 1.81. The second kappa shape index (κ2) is 5.45. The van der Waals surface area contributed by atoms with Gasteiger partial charge in [-0.15, -0.1) is 11.8 Å². The molecule has 1 spiro atoms. The van der Waals surface area contributed by atoms with Crippen molar-refractivity contribution in [1.82, 2.24) is 0 Å². The van der Waals surface area contributed by atoms with E-state index >= 15 is 0 Å². The number of aryl methyl sites for hydroxylation is 1. The molecule has 1 aromatic carbocycles. The summed E-state index contributed by atoms with van der Waals surface area (Å²) in [5.74, 6) is 0. The predicted molar refractivity (Wildman–Crippen MR) is 84.7 cm³/mol. The zero-order valence-electron chi connectivity index (χ0n) is 12.3. The van der Waals surface area contributed by atoms with Gasteiger partial charge in [0.1, 0.15) is 4.75 Å². The quantitative estimate of drug-likeness (QED) is 0.718. The van der Waals surface area contributed by atoms with Crippen molar-refractivity contribution in [2.24, 2.45) is 5.41 Å². The lowest BCUT2D eigenvalue weighted by atomic mass is 9.58. The van der Waals surface area contributed by atoms with E-state index < -0.39 is 0 Å². The number of hydrogen-bond donors (Lipinski definition) is 0. The Labute approximate surface area is 126 Å². The number of thioether (sulfide) groups is 1. The van der Waals surface area contributed by atoms with Crippen molar-refractivity contribution in [3.63, 3.8) is 0 Å². The third-order valence-electron chi connectivity index (χ3n) is 4.99. The molecule has 3 rings (SSSR count). The van der Waals surface area contributed by atoms with Crippen LogP contribution in [0.5, 0.6) is 0 Å². The first-order valence-electron chi connectivity index (χ1n) is 7.82. The maximum absolute atomic E-state index is 9.68. The van der Waals surface area contributed by atoms with Gasteiger partial charge in [0.15, 0.2) is 0 Å². The fourth-order valence-electron chi connectivity index (χ4n) is 4.07. The van der Waals surface area contributed by atoms with E-state index in [1.165, 1.54) is 49.0 Å². The average Bonchev–Trinajstić information content (AvgIpc) is 2.63. The van der Waals surface area contributed by atoms with Gasteiger partial charge in [0.25, 0.3) is 0 Å². The van der Waals surface area contributed by atoms with E-state index in [0.717, 1.165) is 12.8 Å². The van der Waals surface area contributed by atoms with Crippen LogP contribution in [-0.2, 0) is 0 Å². The number of hydrogen-bond acceptors (Lipinski definition) is 2. The molecule has 0 aromatic heterocycles. The van der Waals surface area contributed by atoms with Crippen LogP contribution in [0.3, 0.4) is 0 Å². The third kappa shape index (κ3) is 2.74. The van der Waals surface area contributed by atoms with Crippen LogP contribution in [0.25, 0.3) is 0 Å². The maximum Gasteiger partial charge on any atom is 0.108 e. The van der Waals surface area contributed by atoms with E-state index in [4.69, 9.17) is 0 Å². The Balaban J connectivity index is 1.71. The fourth-order valence-corrected chi connectivity index (χ4v) is 5.72. The molecule has 20 heavy (non-hydrogen) atoms. The summed E-state index contributed by atoms with van der Waals surface area (Å²) in [5.41, 5.74) is 1.79. The largest absolute Gasteiger partial charge is 0.197 e. The van der Waals surface area contributed by atoms with E-state index in [1.54, 1.807) is 11.8 Å². The smallest absolute Gasteiger partial charge is 0.108 e. The van der Waals surface area contributed by atoms with Gasteiger partial charge in [-0.2, -0.15) is 5.26 Å². The van der Waals surface area contributed by atoms with Gasteiger partial charge in [-0.3, -0.25) is 0 Å². The lowest BCUT2D eigenvalue weighted by Crippen LogP contribution is -2.48. The summed E-state index contributed by atoms with van der Waals surface area (Å²) in [4.78, 5) is 1.26. The molecule has 0 heterocycles. The van der Waals surface area contributed by atoms with Crippen molar-refractivity contribution in [3.8, 4) is 6.07 Å². The lowest BCUT2D eigenvalue weighted by Gasteiger charge is -2.52. The summed E-state index contributed by atoms with van der Waals surface area (Å²) in [5, 5.41) is 9.68. The van der Waals surface area contributed by atoms with Crippen LogP contribution in [0.1, 0.15) is 56.9 Å². The molecular weight excluding hydrogens is 262 g/mol. The Kier molecular flexibility index (Phi) is 3.82. The normalized spacial score (nSPS) is 23.6. The molecule has 1 aromatic rings. The minimum atomic E-state index is -0.155. The van der Waals surface area contributed by atoms with Crippen molar-refractivity contribution >= 4 is 11.8 Å². The van der Waals surface area contributed by atoms with Gasteiger partial charge < -0.3 is 0 Å². The van der Waals surface area contributed by atoms with Crippen LogP contribution in [0.4, 0.5) is 0 Å². The SMILES string of the molecule is Cc1cccc(SC2(C#N)CC3(CCCCCC3)C2)c1. The second-order valence-electron chi connectivity index (χ2n) is 6.79. The Morgan fingerprint density at radius 3 is 2.40 bits per heavy atom. The molecule has 2 fully saturated rings. The van der Waals surface area contributed by atoms with Crippen LogP contribution in [-0.4, -0.2) is 4.75 Å². The van der Waals surface area contributed by atoms with Gasteiger partial charge in [-0.25, -0.2) is 0 Å². The van der Waals surface area contributed by atoms with Gasteiger partial charge in [-0.1, -0.05) is 43.4 Å². The molecule has 0 bridgehead atoms. The first kappa shape index (κ1) is 14.0. The predicted octanol–water partition coefficient (Wildman–Crippen LogP) is 5.48. The number of benzene rings is 1. The molecule has 106 valence electrons. The van der Waals surface area contributed by atoms with E-state index in [2.05, 4.69) is 37.3 Å². The number of nitriles is 1. The molecule has 0 saturated heterocycles. The summed E-state index contributed by atoms with van der Waals surface area (Å²) in [7, 11) is 0. The third-order valence-corrected chi connectivity index (χ3v) is 6.25. The molecule has 2 saturated carbocycles. The molecule has 1 nitrogen and oxygen atoms in total. The molecule has 0 amide bonds. The monoisotopic (exact) mass is 285 g/mol. The molecule has 0 unspecified atom stereocenters. The van der Waals surface area contributed by atoms with Crippen LogP contribution in [0.2, 0.25) is 0 Å². The molecule has 0 atom stereocenters. The average molecular weight is 285 g/mol. The molecule has 2 aliphatic carbocycles. The highest BCUT2D eigenvalue weighted by Gasteiger charge is 2.55. The zero-order valence-corrected chi connectivity index (χ0v) is 13.1. The minimum absolute atomic E-state index is 0.155. The highest BCUT2D eigenvalue weighted by Crippen LogP contribution is 2.62. The van der Waals surface area contributed by atoms with E-state index in [1.807, 2.05) is 0 Å². The summed E-state index contributed by atoms with van der Waals surface area (Å²) in [6.45, 7) is 2.12. The zero-order chi connectivity index (χ0) is 14.1. The Bertz CT molecular complexity index is 512. The first-order valence-corrected chi connectivity index (χ1v) is 8.64. The Morgan fingerprint density at radius 1 is 1.10 bits per heavy atom. The standard InChI is InChI=1S/C18H23NS/c1-15-7-6-8-16(11-15)20-18(14-19)12-17(13-18)9-4-2-3-5-10-17/h6-8,11H,2-5,9-10,12-13H2,1H3. The Morgan fingerprint density at radius 2 is 1.80 bits per heavy atom. The first-order chi connectivity index (χ1) is 9.65. The van der Waals surface area contributed by atoms with Crippen LogP contribution in [0.15, 0.2) is 29.2 Å². The highest BCUT2D eigenvalue weighted by molar-refractivity contribution is 8.01. The molecular formula is C18H23NS. The van der Waals surface area contributed by atoms with Crippen molar-refractivity contribution < 1.29 is 0 Å². The fraction of sp³-hybridized carbons (Fsp3) is 0.611. The van der Waals surface area contributed by atoms with Crippen molar-refractivity contribution in [3.05, 3.63) is 29.8 Å². The molecule has 0 N–H and O–H groups in total. The van der Waals surface area contributed by atoms with E-state index in [-0.39, 0.29) is 4.75 Å². The van der Waals surface area contributed by atoms with Gasteiger partial charge >= 0.3 is 0 Å². The topological polar surface area (TPSA) is 23.8 Å². The molecule has 0 aliphatic heterocycles. The lowest BCUT2D eigenvalue weighted by molar-refractivity contribution is 0.0882. The summed E-state index contributed by atoms with van der Waals surface area (Å²) in [6.07, 6.45) is 10.5. The van der Waals surface area contributed by atoms with Crippen LogP contribution >= 0.6 is 11.8 Å². The Hall–Kier alpha value is -0.940. The van der Waals surface area contributed by atoms with Crippen molar-refractivity contribution in [1.29, 1.82) is 5.26 Å². The van der Waals surface area contributed by atoms with Crippen LogP contribution < -0.4 is 0 Å². The minimum Gasteiger partial charge on any atom is -0.197 e. The van der Waals surface area contributed by atoms with Gasteiger partial charge in [0, 0.05) is 4.90 Å². The summed E-state index contributed by atoms with van der Waals surface area (Å²) < 4.78 is -0.155. The molecule has 2 aliphatic rings. The second-order valence-corrected chi connectivity index (χ2v) is 8.25. The molecule has 0 radical (unpaired) electrons. The van der Waals surface area contributed by atoms with E-state index in [0.29, 0.717) is 5.41 Å². The number of rotatable bonds is 2. The summed E-state index contributed by atoms with van der Waals surface area (Å²) in [6, 6.07) is 11.2. The van der Waals surface area contributed by atoms with Gasteiger partial charge in [0.2, 0.25) is 0 Å². The van der Waals surface area contributed by atoms with E-state index in [9.17, 15) is 5.26 Å². The van der Waals surface area contributed by atoms with Crippen molar-refractivity contribution in [2.75, 3.05) is 0 Å². The van der Waals surface area contributed by atoms with Crippen molar-refractivity contribution in [2.45, 2.75) is 67.9 Å².